The molecule has 0 N–H and O–H groups in total. The van der Waals surface area contributed by atoms with E-state index in [9.17, 15) is 4.79 Å². The van der Waals surface area contributed by atoms with Gasteiger partial charge in [-0.1, -0.05) is 11.6 Å². The summed E-state index contributed by atoms with van der Waals surface area (Å²) in [5, 5.41) is 4.69. The zero-order valence-electron chi connectivity index (χ0n) is 9.22. The number of carbonyl (C=O) groups is 1. The molecule has 2 aromatic rings. The van der Waals surface area contributed by atoms with E-state index >= 15 is 0 Å². The summed E-state index contributed by atoms with van der Waals surface area (Å²) in [5.41, 5.74) is 0.844. The van der Waals surface area contributed by atoms with Crippen molar-refractivity contribution < 1.29 is 9.53 Å². The molecule has 0 saturated carbocycles. The van der Waals surface area contributed by atoms with Crippen molar-refractivity contribution in [3.8, 4) is 5.82 Å². The Labute approximate surface area is 102 Å². The van der Waals surface area contributed by atoms with E-state index in [2.05, 4.69) is 19.8 Å². The molecular formula is C10H9ClN4O2. The number of hydrogen-bond donors (Lipinski definition) is 0. The van der Waals surface area contributed by atoms with Crippen molar-refractivity contribution in [2.45, 2.75) is 6.92 Å². The molecular weight excluding hydrogens is 244 g/mol. The largest absolute Gasteiger partial charge is 0.464 e. The monoisotopic (exact) mass is 252 g/mol. The van der Waals surface area contributed by atoms with Gasteiger partial charge in [0, 0.05) is 0 Å². The lowest BCUT2D eigenvalue weighted by molar-refractivity contribution is 0.0593. The van der Waals surface area contributed by atoms with E-state index in [1.807, 2.05) is 0 Å². The van der Waals surface area contributed by atoms with Gasteiger partial charge >= 0.3 is 5.97 Å². The average molecular weight is 253 g/mol. The van der Waals surface area contributed by atoms with Crippen LogP contribution in [-0.4, -0.2) is 32.8 Å². The minimum atomic E-state index is -0.529. The standard InChI is InChI=1S/C10H9ClN4O2/c1-6-7(11)5-15(14-6)9-4-12-8(3-13-9)10(16)17-2/h3-5H,1-2H3. The Bertz CT molecular complexity index is 530. The van der Waals surface area contributed by atoms with Gasteiger partial charge in [0.05, 0.1) is 36.4 Å². The van der Waals surface area contributed by atoms with Crippen LogP contribution in [0.25, 0.3) is 5.82 Å². The summed E-state index contributed by atoms with van der Waals surface area (Å²) < 4.78 is 6.01. The maximum atomic E-state index is 11.2. The Hall–Kier alpha value is -1.95. The lowest BCUT2D eigenvalue weighted by Gasteiger charge is -2.00. The lowest BCUT2D eigenvalue weighted by atomic mass is 10.4. The molecule has 0 bridgehead atoms. The Morgan fingerprint density at radius 3 is 2.65 bits per heavy atom. The number of carbonyl (C=O) groups excluding carboxylic acids is 1. The van der Waals surface area contributed by atoms with Crippen molar-refractivity contribution >= 4 is 17.6 Å². The second kappa shape index (κ2) is 4.50. The number of ether oxygens (including phenoxy) is 1. The molecule has 0 amide bonds. The van der Waals surface area contributed by atoms with Gasteiger partial charge in [0.25, 0.3) is 0 Å². The van der Waals surface area contributed by atoms with Gasteiger partial charge in [0.2, 0.25) is 0 Å². The SMILES string of the molecule is COC(=O)c1cnc(-n2cc(Cl)c(C)n2)cn1. The van der Waals surface area contributed by atoms with Gasteiger partial charge in [-0.15, -0.1) is 0 Å². The lowest BCUT2D eigenvalue weighted by Crippen LogP contribution is -2.07. The second-order valence-corrected chi connectivity index (χ2v) is 3.67. The van der Waals surface area contributed by atoms with Crippen LogP contribution in [0.4, 0.5) is 0 Å². The van der Waals surface area contributed by atoms with Gasteiger partial charge in [-0.05, 0) is 6.92 Å². The molecule has 0 aliphatic carbocycles. The summed E-state index contributed by atoms with van der Waals surface area (Å²) >= 11 is 5.88. The van der Waals surface area contributed by atoms with Crippen molar-refractivity contribution in [3.63, 3.8) is 0 Å². The minimum Gasteiger partial charge on any atom is -0.464 e. The van der Waals surface area contributed by atoms with Gasteiger partial charge in [-0.3, -0.25) is 0 Å². The van der Waals surface area contributed by atoms with Crippen molar-refractivity contribution in [3.05, 3.63) is 35.0 Å². The van der Waals surface area contributed by atoms with E-state index in [1.54, 1.807) is 13.1 Å². The van der Waals surface area contributed by atoms with Crippen LogP contribution >= 0.6 is 11.6 Å². The van der Waals surface area contributed by atoms with E-state index in [4.69, 9.17) is 11.6 Å². The first-order chi connectivity index (χ1) is 8.11. The number of methoxy groups -OCH3 is 1. The van der Waals surface area contributed by atoms with Gasteiger partial charge in [0.1, 0.15) is 0 Å². The molecule has 0 saturated heterocycles. The van der Waals surface area contributed by atoms with Crippen LogP contribution in [0.15, 0.2) is 18.6 Å². The topological polar surface area (TPSA) is 69.9 Å². The van der Waals surface area contributed by atoms with Gasteiger partial charge in [-0.25, -0.2) is 19.4 Å². The van der Waals surface area contributed by atoms with Gasteiger partial charge in [-0.2, -0.15) is 5.10 Å². The van der Waals surface area contributed by atoms with E-state index in [1.165, 1.54) is 24.2 Å². The highest BCUT2D eigenvalue weighted by Crippen LogP contribution is 2.14. The molecule has 0 aliphatic heterocycles. The maximum Gasteiger partial charge on any atom is 0.358 e. The summed E-state index contributed by atoms with van der Waals surface area (Å²) in [4.78, 5) is 19.1. The summed E-state index contributed by atoms with van der Waals surface area (Å²) in [5.74, 6) is -0.0496. The third-order valence-corrected chi connectivity index (χ3v) is 2.48. The number of esters is 1. The third-order valence-electron chi connectivity index (χ3n) is 2.11. The molecule has 2 aromatic heterocycles. The molecule has 88 valence electrons. The van der Waals surface area contributed by atoms with Crippen LogP contribution in [-0.2, 0) is 4.74 Å². The fourth-order valence-electron chi connectivity index (χ4n) is 1.21. The quantitative estimate of drug-likeness (QED) is 0.756. The number of aromatic nitrogens is 4. The second-order valence-electron chi connectivity index (χ2n) is 3.26. The zero-order valence-corrected chi connectivity index (χ0v) is 9.97. The number of nitrogens with zero attached hydrogens (tertiary/aromatic N) is 4. The Balaban J connectivity index is 2.32. The van der Waals surface area contributed by atoms with E-state index < -0.39 is 5.97 Å². The fourth-order valence-corrected chi connectivity index (χ4v) is 1.34. The number of rotatable bonds is 2. The highest BCUT2D eigenvalue weighted by molar-refractivity contribution is 6.31. The molecule has 2 rings (SSSR count). The summed E-state index contributed by atoms with van der Waals surface area (Å²) in [6.07, 6.45) is 4.37. The van der Waals surface area contributed by atoms with Gasteiger partial charge < -0.3 is 4.74 Å². The van der Waals surface area contributed by atoms with Crippen molar-refractivity contribution in [2.24, 2.45) is 0 Å². The molecule has 2 heterocycles. The first kappa shape index (κ1) is 11.5. The maximum absolute atomic E-state index is 11.2. The minimum absolute atomic E-state index is 0.145. The van der Waals surface area contributed by atoms with Crippen LogP contribution in [0.5, 0.6) is 0 Å². The molecule has 0 aromatic carbocycles. The first-order valence-corrected chi connectivity index (χ1v) is 5.12. The highest BCUT2D eigenvalue weighted by atomic mass is 35.5. The summed E-state index contributed by atoms with van der Waals surface area (Å²) in [6, 6.07) is 0. The molecule has 0 spiro atoms. The predicted octanol–water partition coefficient (Wildman–Crippen LogP) is 1.41. The molecule has 7 heteroatoms. The van der Waals surface area contributed by atoms with Crippen LogP contribution in [0.1, 0.15) is 16.2 Å². The highest BCUT2D eigenvalue weighted by Gasteiger charge is 2.09. The number of halogens is 1. The van der Waals surface area contributed by atoms with Crippen molar-refractivity contribution in [1.82, 2.24) is 19.7 Å². The van der Waals surface area contributed by atoms with Crippen LogP contribution < -0.4 is 0 Å². The predicted molar refractivity (Wildman–Crippen MR) is 60.2 cm³/mol. The van der Waals surface area contributed by atoms with Crippen molar-refractivity contribution in [2.75, 3.05) is 7.11 Å². The van der Waals surface area contributed by atoms with E-state index in [0.717, 1.165) is 0 Å². The summed E-state index contributed by atoms with van der Waals surface area (Å²) in [7, 11) is 1.29. The molecule has 0 radical (unpaired) electrons. The number of aryl methyl sites for hydroxylation is 1. The molecule has 6 nitrogen and oxygen atoms in total. The third kappa shape index (κ3) is 2.26. The Morgan fingerprint density at radius 1 is 1.41 bits per heavy atom. The van der Waals surface area contributed by atoms with Crippen LogP contribution in [0, 0.1) is 6.92 Å². The van der Waals surface area contributed by atoms with Crippen LogP contribution in [0.3, 0.4) is 0 Å². The van der Waals surface area contributed by atoms with Crippen LogP contribution in [0.2, 0.25) is 5.02 Å². The Kier molecular flexibility index (Phi) is 3.06. The number of hydrogen-bond acceptors (Lipinski definition) is 5. The molecule has 0 unspecified atom stereocenters. The normalized spacial score (nSPS) is 10.3. The van der Waals surface area contributed by atoms with E-state index in [-0.39, 0.29) is 5.69 Å². The fraction of sp³-hybridized carbons (Fsp3) is 0.200. The Morgan fingerprint density at radius 2 is 2.18 bits per heavy atom. The smallest absolute Gasteiger partial charge is 0.358 e. The molecule has 17 heavy (non-hydrogen) atoms. The van der Waals surface area contributed by atoms with E-state index in [0.29, 0.717) is 16.5 Å². The van der Waals surface area contributed by atoms with Crippen molar-refractivity contribution in [1.29, 1.82) is 0 Å². The molecule has 0 fully saturated rings. The first-order valence-electron chi connectivity index (χ1n) is 4.74. The average Bonchev–Trinajstić information content (AvgIpc) is 2.69. The zero-order chi connectivity index (χ0) is 12.4. The molecule has 0 aliphatic rings. The van der Waals surface area contributed by atoms with Gasteiger partial charge in [0.15, 0.2) is 11.5 Å². The summed E-state index contributed by atoms with van der Waals surface area (Å²) in [6.45, 7) is 1.79. The molecule has 0 atom stereocenters.